The highest BCUT2D eigenvalue weighted by molar-refractivity contribution is 5.92. The molecule has 0 saturated carbocycles. The molecular weight excluding hydrogens is 326 g/mol. The Hall–Kier alpha value is -2.82. The maximum atomic E-state index is 13.2. The van der Waals surface area contributed by atoms with E-state index in [1.54, 1.807) is 0 Å². The Morgan fingerprint density at radius 2 is 1.88 bits per heavy atom. The minimum atomic E-state index is -0.444. The molecule has 2 atom stereocenters. The lowest BCUT2D eigenvalue weighted by atomic mass is 10.0. The van der Waals surface area contributed by atoms with E-state index in [0.717, 1.165) is 30.6 Å². The highest BCUT2D eigenvalue weighted by Crippen LogP contribution is 2.35. The van der Waals surface area contributed by atoms with Crippen LogP contribution >= 0.6 is 0 Å². The normalized spacial score (nSPS) is 20.2. The predicted molar refractivity (Wildman–Crippen MR) is 101 cm³/mol. The summed E-state index contributed by atoms with van der Waals surface area (Å²) in [6, 6.07) is 17.1. The summed E-state index contributed by atoms with van der Waals surface area (Å²) in [5.74, 6) is -0.201. The summed E-state index contributed by atoms with van der Waals surface area (Å²) >= 11 is 0. The number of rotatable bonds is 4. The number of nitrogens with one attached hydrogen (secondary N) is 2. The van der Waals surface area contributed by atoms with Crippen molar-refractivity contribution in [1.82, 2.24) is 10.6 Å². The van der Waals surface area contributed by atoms with Gasteiger partial charge in [0.15, 0.2) is 0 Å². The first-order valence-corrected chi connectivity index (χ1v) is 9.21. The summed E-state index contributed by atoms with van der Waals surface area (Å²) in [4.78, 5) is 27.4. The third-order valence-corrected chi connectivity index (χ3v) is 5.20. The van der Waals surface area contributed by atoms with E-state index in [4.69, 9.17) is 0 Å². The number of fused-ring (bicyclic) bond motifs is 1. The number of anilines is 1. The molecule has 0 bridgehead atoms. The SMILES string of the molecule is O=C1NCCC[C@@H]1NC(=O)[C@H](c1ccccc1)N1CCc2ccccc21. The minimum absolute atomic E-state index is 0.0850. The van der Waals surface area contributed by atoms with E-state index in [9.17, 15) is 9.59 Å². The van der Waals surface area contributed by atoms with Gasteiger partial charge in [0, 0.05) is 18.8 Å². The minimum Gasteiger partial charge on any atom is -0.355 e. The van der Waals surface area contributed by atoms with Crippen LogP contribution in [-0.4, -0.2) is 30.9 Å². The number of para-hydroxylation sites is 1. The van der Waals surface area contributed by atoms with Gasteiger partial charge < -0.3 is 15.5 Å². The second-order valence-electron chi connectivity index (χ2n) is 6.88. The lowest BCUT2D eigenvalue weighted by Crippen LogP contribution is -2.53. The molecule has 1 saturated heterocycles. The number of piperidine rings is 1. The van der Waals surface area contributed by atoms with Crippen molar-refractivity contribution in [2.45, 2.75) is 31.3 Å². The first-order valence-electron chi connectivity index (χ1n) is 9.21. The van der Waals surface area contributed by atoms with Crippen molar-refractivity contribution in [1.29, 1.82) is 0 Å². The molecule has 5 nitrogen and oxygen atoms in total. The maximum Gasteiger partial charge on any atom is 0.248 e. The molecule has 2 heterocycles. The standard InChI is InChI=1S/C21H23N3O2/c25-20-17(10-6-13-22-20)23-21(26)19(16-8-2-1-3-9-16)24-14-12-15-7-4-5-11-18(15)24/h1-5,7-9,11,17,19H,6,10,12-14H2,(H,22,25)(H,23,26)/t17-,19-/m0/s1. The fourth-order valence-electron chi connectivity index (χ4n) is 3.90. The Labute approximate surface area is 153 Å². The number of benzene rings is 2. The molecule has 2 amide bonds. The highest BCUT2D eigenvalue weighted by Gasteiger charge is 2.34. The highest BCUT2D eigenvalue weighted by atomic mass is 16.2. The topological polar surface area (TPSA) is 61.4 Å². The van der Waals surface area contributed by atoms with Crippen LogP contribution in [0.2, 0.25) is 0 Å². The summed E-state index contributed by atoms with van der Waals surface area (Å²) < 4.78 is 0. The van der Waals surface area contributed by atoms with Crippen LogP contribution in [0.15, 0.2) is 54.6 Å². The largest absolute Gasteiger partial charge is 0.355 e. The van der Waals surface area contributed by atoms with Crippen molar-refractivity contribution in [3.8, 4) is 0 Å². The zero-order valence-corrected chi connectivity index (χ0v) is 14.7. The van der Waals surface area contributed by atoms with E-state index < -0.39 is 12.1 Å². The van der Waals surface area contributed by atoms with Crippen LogP contribution in [0.3, 0.4) is 0 Å². The monoisotopic (exact) mass is 349 g/mol. The van der Waals surface area contributed by atoms with E-state index in [1.807, 2.05) is 42.5 Å². The number of hydrogen-bond acceptors (Lipinski definition) is 3. The average Bonchev–Trinajstić information content (AvgIpc) is 3.09. The molecule has 2 aliphatic rings. The lowest BCUT2D eigenvalue weighted by molar-refractivity contribution is -0.130. The van der Waals surface area contributed by atoms with Crippen LogP contribution in [0.25, 0.3) is 0 Å². The van der Waals surface area contributed by atoms with Crippen LogP contribution in [0.1, 0.15) is 30.0 Å². The third-order valence-electron chi connectivity index (χ3n) is 5.20. The molecular formula is C21H23N3O2. The molecule has 0 radical (unpaired) electrons. The first kappa shape index (κ1) is 16.6. The van der Waals surface area contributed by atoms with E-state index in [2.05, 4.69) is 27.7 Å². The maximum absolute atomic E-state index is 13.2. The molecule has 26 heavy (non-hydrogen) atoms. The number of nitrogens with zero attached hydrogens (tertiary/aromatic N) is 1. The van der Waals surface area contributed by atoms with Gasteiger partial charge in [-0.15, -0.1) is 0 Å². The number of carbonyl (C=O) groups excluding carboxylic acids is 2. The van der Waals surface area contributed by atoms with Crippen LogP contribution in [0.5, 0.6) is 0 Å². The van der Waals surface area contributed by atoms with Crippen LogP contribution < -0.4 is 15.5 Å². The second kappa shape index (κ2) is 7.20. The van der Waals surface area contributed by atoms with Crippen molar-refractivity contribution in [2.24, 2.45) is 0 Å². The quantitative estimate of drug-likeness (QED) is 0.889. The molecule has 4 rings (SSSR count). The van der Waals surface area contributed by atoms with Crippen LogP contribution in [0, 0.1) is 0 Å². The van der Waals surface area contributed by atoms with Gasteiger partial charge in [-0.3, -0.25) is 9.59 Å². The summed E-state index contributed by atoms with van der Waals surface area (Å²) in [6.45, 7) is 1.48. The van der Waals surface area contributed by atoms with Crippen molar-refractivity contribution in [2.75, 3.05) is 18.0 Å². The molecule has 0 aliphatic carbocycles. The first-order chi connectivity index (χ1) is 12.7. The molecule has 0 unspecified atom stereocenters. The van der Waals surface area contributed by atoms with Gasteiger partial charge in [-0.2, -0.15) is 0 Å². The van der Waals surface area contributed by atoms with Gasteiger partial charge in [0.1, 0.15) is 12.1 Å². The van der Waals surface area contributed by atoms with E-state index in [-0.39, 0.29) is 11.8 Å². The summed E-state index contributed by atoms with van der Waals surface area (Å²) in [5.41, 5.74) is 3.30. The summed E-state index contributed by atoms with van der Waals surface area (Å²) in [7, 11) is 0. The Kier molecular flexibility index (Phi) is 4.61. The Balaban J connectivity index is 1.64. The van der Waals surface area contributed by atoms with Crippen molar-refractivity contribution < 1.29 is 9.59 Å². The van der Waals surface area contributed by atoms with Crippen molar-refractivity contribution in [3.05, 3.63) is 65.7 Å². The Bertz CT molecular complexity index is 806. The fraction of sp³-hybridized carbons (Fsp3) is 0.333. The molecule has 2 N–H and O–H groups in total. The number of hydrogen-bond donors (Lipinski definition) is 2. The van der Waals surface area contributed by atoms with Crippen molar-refractivity contribution >= 4 is 17.5 Å². The van der Waals surface area contributed by atoms with Gasteiger partial charge in [-0.05, 0) is 36.5 Å². The molecule has 2 aliphatic heterocycles. The van der Waals surface area contributed by atoms with Gasteiger partial charge in [-0.25, -0.2) is 0 Å². The van der Waals surface area contributed by atoms with E-state index in [0.29, 0.717) is 13.0 Å². The predicted octanol–water partition coefficient (Wildman–Crippen LogP) is 2.19. The summed E-state index contributed by atoms with van der Waals surface area (Å²) in [5, 5.41) is 5.82. The average molecular weight is 349 g/mol. The Morgan fingerprint density at radius 1 is 1.12 bits per heavy atom. The van der Waals surface area contributed by atoms with Gasteiger partial charge in [-0.1, -0.05) is 48.5 Å². The van der Waals surface area contributed by atoms with Gasteiger partial charge >= 0.3 is 0 Å². The van der Waals surface area contributed by atoms with Gasteiger partial charge in [0.25, 0.3) is 0 Å². The zero-order valence-electron chi connectivity index (χ0n) is 14.7. The smallest absolute Gasteiger partial charge is 0.248 e. The molecule has 1 fully saturated rings. The number of amides is 2. The number of carbonyl (C=O) groups is 2. The van der Waals surface area contributed by atoms with Gasteiger partial charge in [0.2, 0.25) is 11.8 Å². The molecule has 2 aromatic rings. The molecule has 134 valence electrons. The molecule has 0 spiro atoms. The Morgan fingerprint density at radius 3 is 2.69 bits per heavy atom. The lowest BCUT2D eigenvalue weighted by Gasteiger charge is -2.32. The third kappa shape index (κ3) is 3.17. The van der Waals surface area contributed by atoms with Crippen LogP contribution in [-0.2, 0) is 16.0 Å². The van der Waals surface area contributed by atoms with Crippen LogP contribution in [0.4, 0.5) is 5.69 Å². The van der Waals surface area contributed by atoms with Gasteiger partial charge in [0.05, 0.1) is 0 Å². The fourth-order valence-corrected chi connectivity index (χ4v) is 3.90. The molecule has 5 heteroatoms. The zero-order chi connectivity index (χ0) is 17.9. The van der Waals surface area contributed by atoms with Crippen molar-refractivity contribution in [3.63, 3.8) is 0 Å². The van der Waals surface area contributed by atoms with E-state index >= 15 is 0 Å². The second-order valence-corrected chi connectivity index (χ2v) is 6.88. The summed E-state index contributed by atoms with van der Waals surface area (Å²) in [6.07, 6.45) is 2.51. The van der Waals surface area contributed by atoms with E-state index in [1.165, 1.54) is 5.56 Å². The molecule has 2 aromatic carbocycles. The molecule has 0 aromatic heterocycles.